The normalized spacial score (nSPS) is 11.0. The lowest BCUT2D eigenvalue weighted by atomic mass is 10.3. The van der Waals surface area contributed by atoms with Gasteiger partial charge in [0, 0.05) is 6.20 Å². The van der Waals surface area contributed by atoms with Crippen LogP contribution in [0.25, 0.3) is 0 Å². The Labute approximate surface area is 80.6 Å². The van der Waals surface area contributed by atoms with Gasteiger partial charge in [0.05, 0.1) is 12.8 Å². The molecule has 0 saturated carbocycles. The number of aromatic hydroxyl groups is 1. The number of rotatable bonds is 2. The van der Waals surface area contributed by atoms with E-state index < -0.39 is 18.6 Å². The average molecular weight is 200 g/mol. The summed E-state index contributed by atoms with van der Waals surface area (Å²) in [5.41, 5.74) is 4.77. The van der Waals surface area contributed by atoms with E-state index >= 15 is 0 Å². The molecule has 1 heterocycles. The molecule has 0 aliphatic heterocycles. The molecule has 1 aromatic heterocycles. The van der Waals surface area contributed by atoms with Crippen LogP contribution in [0.4, 0.5) is 0 Å². The topological polar surface area (TPSA) is 117 Å². The van der Waals surface area contributed by atoms with Crippen LogP contribution >= 0.6 is 0 Å². The van der Waals surface area contributed by atoms with Crippen LogP contribution in [0, 0.1) is 0 Å². The van der Waals surface area contributed by atoms with Crippen molar-refractivity contribution in [3.63, 3.8) is 0 Å². The molecule has 0 aliphatic carbocycles. The molecule has 1 rings (SSSR count). The van der Waals surface area contributed by atoms with Gasteiger partial charge in [-0.05, 0) is 12.1 Å². The van der Waals surface area contributed by atoms with Crippen molar-refractivity contribution in [2.75, 3.05) is 6.61 Å². The molecular weight excluding hydrogens is 188 g/mol. The Kier molecular flexibility index (Phi) is 6.01. The fraction of sp³-hybridized carbons (Fsp3) is 0.250. The third kappa shape index (κ3) is 5.92. The van der Waals surface area contributed by atoms with Crippen molar-refractivity contribution in [1.29, 1.82) is 0 Å². The summed E-state index contributed by atoms with van der Waals surface area (Å²) in [5, 5.41) is 24.5. The number of aliphatic carboxylic acids is 1. The van der Waals surface area contributed by atoms with E-state index in [-0.39, 0.29) is 5.75 Å². The number of aromatic nitrogens is 1. The number of aliphatic hydroxyl groups excluding tert-OH is 1. The lowest BCUT2D eigenvalue weighted by Gasteiger charge is -1.96. The molecule has 0 spiro atoms. The number of hydrogen-bond acceptors (Lipinski definition) is 5. The number of aliphatic hydroxyl groups is 1. The first-order valence-corrected chi connectivity index (χ1v) is 3.76. The van der Waals surface area contributed by atoms with Crippen LogP contribution in [0.3, 0.4) is 0 Å². The Balaban J connectivity index is 0.000000241. The summed E-state index contributed by atoms with van der Waals surface area (Å²) in [6.07, 6.45) is 3.00. The molecule has 6 nitrogen and oxygen atoms in total. The zero-order chi connectivity index (χ0) is 11.0. The largest absolute Gasteiger partial charge is 0.506 e. The van der Waals surface area contributed by atoms with Gasteiger partial charge in [-0.25, -0.2) is 0 Å². The highest BCUT2D eigenvalue weighted by atomic mass is 16.4. The average Bonchev–Trinajstić information content (AvgIpc) is 2.18. The molecule has 0 radical (unpaired) electrons. The maximum Gasteiger partial charge on any atom is 0.322 e. The summed E-state index contributed by atoms with van der Waals surface area (Å²) in [6.45, 7) is -0.505. The summed E-state index contributed by atoms with van der Waals surface area (Å²) in [5.74, 6) is -0.968. The third-order valence-electron chi connectivity index (χ3n) is 1.16. The van der Waals surface area contributed by atoms with Crippen LogP contribution in [0.1, 0.15) is 0 Å². The van der Waals surface area contributed by atoms with Crippen LogP contribution in [0.15, 0.2) is 24.5 Å². The number of nitrogens with two attached hydrogens (primary N) is 1. The van der Waals surface area contributed by atoms with E-state index in [4.69, 9.17) is 21.1 Å². The number of carboxylic acids is 1. The molecule has 0 unspecified atom stereocenters. The predicted molar refractivity (Wildman–Crippen MR) is 48.6 cm³/mol. The molecule has 1 aromatic rings. The Hall–Kier alpha value is -1.66. The maximum absolute atomic E-state index is 9.65. The Morgan fingerprint density at radius 1 is 1.64 bits per heavy atom. The van der Waals surface area contributed by atoms with E-state index in [0.29, 0.717) is 0 Å². The van der Waals surface area contributed by atoms with Gasteiger partial charge in [0.15, 0.2) is 0 Å². The van der Waals surface area contributed by atoms with E-state index in [1.54, 1.807) is 18.3 Å². The SMILES string of the molecule is N[C@@H](CO)C(=O)O.Oc1cccnc1. The Morgan fingerprint density at radius 2 is 2.29 bits per heavy atom. The number of carboxylic acid groups (broad SMARTS) is 1. The summed E-state index contributed by atoms with van der Waals surface area (Å²) >= 11 is 0. The van der Waals surface area contributed by atoms with Gasteiger partial charge in [0.25, 0.3) is 0 Å². The highest BCUT2D eigenvalue weighted by molar-refractivity contribution is 5.73. The monoisotopic (exact) mass is 200 g/mol. The first kappa shape index (κ1) is 12.3. The summed E-state index contributed by atoms with van der Waals surface area (Å²) in [4.78, 5) is 13.3. The van der Waals surface area contributed by atoms with Crippen molar-refractivity contribution in [2.24, 2.45) is 5.73 Å². The van der Waals surface area contributed by atoms with Gasteiger partial charge in [-0.2, -0.15) is 0 Å². The summed E-state index contributed by atoms with van der Waals surface area (Å²) < 4.78 is 0. The lowest BCUT2D eigenvalue weighted by molar-refractivity contribution is -0.139. The van der Waals surface area contributed by atoms with E-state index in [0.717, 1.165) is 0 Å². The minimum absolute atomic E-state index is 0.211. The minimum atomic E-state index is -1.18. The van der Waals surface area contributed by atoms with Crippen LogP contribution in [-0.2, 0) is 4.79 Å². The third-order valence-corrected chi connectivity index (χ3v) is 1.16. The molecule has 0 aliphatic rings. The molecule has 5 N–H and O–H groups in total. The van der Waals surface area contributed by atoms with Crippen LogP contribution < -0.4 is 5.73 Å². The van der Waals surface area contributed by atoms with Crippen molar-refractivity contribution in [3.8, 4) is 5.75 Å². The molecule has 0 saturated heterocycles. The van der Waals surface area contributed by atoms with Crippen molar-refractivity contribution in [1.82, 2.24) is 4.98 Å². The second-order valence-electron chi connectivity index (χ2n) is 2.34. The van der Waals surface area contributed by atoms with Crippen molar-refractivity contribution < 1.29 is 20.1 Å². The number of nitrogens with zero attached hydrogens (tertiary/aromatic N) is 1. The molecular formula is C8H12N2O4. The van der Waals surface area contributed by atoms with Gasteiger partial charge < -0.3 is 21.1 Å². The highest BCUT2D eigenvalue weighted by Gasteiger charge is 2.06. The van der Waals surface area contributed by atoms with Gasteiger partial charge in [-0.3, -0.25) is 9.78 Å². The first-order chi connectivity index (χ1) is 6.57. The van der Waals surface area contributed by atoms with Crippen LogP contribution in [0.2, 0.25) is 0 Å². The number of carbonyl (C=O) groups is 1. The molecule has 0 bridgehead atoms. The molecule has 1 atom stereocenters. The summed E-state index contributed by atoms with van der Waals surface area (Å²) in [6, 6.07) is 2.13. The van der Waals surface area contributed by atoms with E-state index in [1.807, 2.05) is 0 Å². The fourth-order valence-electron chi connectivity index (χ4n) is 0.432. The van der Waals surface area contributed by atoms with Crippen LogP contribution in [-0.4, -0.2) is 38.9 Å². The molecule has 0 fully saturated rings. The molecule has 0 aromatic carbocycles. The van der Waals surface area contributed by atoms with E-state index in [1.165, 1.54) is 6.20 Å². The molecule has 78 valence electrons. The minimum Gasteiger partial charge on any atom is -0.506 e. The van der Waals surface area contributed by atoms with Crippen molar-refractivity contribution >= 4 is 5.97 Å². The van der Waals surface area contributed by atoms with Crippen molar-refractivity contribution in [3.05, 3.63) is 24.5 Å². The van der Waals surface area contributed by atoms with E-state index in [9.17, 15) is 4.79 Å². The lowest BCUT2D eigenvalue weighted by Crippen LogP contribution is -2.33. The first-order valence-electron chi connectivity index (χ1n) is 3.76. The second-order valence-corrected chi connectivity index (χ2v) is 2.34. The van der Waals surface area contributed by atoms with Gasteiger partial charge in [0.2, 0.25) is 0 Å². The van der Waals surface area contributed by atoms with Gasteiger partial charge in [0.1, 0.15) is 11.8 Å². The molecule has 0 amide bonds. The Morgan fingerprint density at radius 3 is 2.43 bits per heavy atom. The maximum atomic E-state index is 9.65. The van der Waals surface area contributed by atoms with Crippen LogP contribution in [0.5, 0.6) is 5.75 Å². The molecule has 6 heteroatoms. The smallest absolute Gasteiger partial charge is 0.322 e. The fourth-order valence-corrected chi connectivity index (χ4v) is 0.432. The standard InChI is InChI=1S/C5H5NO.C3H7NO3/c7-5-2-1-3-6-4-5;4-2(1-5)3(6)7/h1-4,7H;2,5H,1,4H2,(H,6,7)/t;2-/m.0/s1. The van der Waals surface area contributed by atoms with Crippen molar-refractivity contribution in [2.45, 2.75) is 6.04 Å². The predicted octanol–water partition coefficient (Wildman–Crippen LogP) is -0.822. The van der Waals surface area contributed by atoms with Gasteiger partial charge >= 0.3 is 5.97 Å². The second kappa shape index (κ2) is 6.81. The summed E-state index contributed by atoms with van der Waals surface area (Å²) in [7, 11) is 0. The zero-order valence-corrected chi connectivity index (χ0v) is 7.37. The highest BCUT2D eigenvalue weighted by Crippen LogP contribution is 1.99. The zero-order valence-electron chi connectivity index (χ0n) is 7.37. The Bertz CT molecular complexity index is 265. The quantitative estimate of drug-likeness (QED) is 0.495. The van der Waals surface area contributed by atoms with E-state index in [2.05, 4.69) is 4.98 Å². The van der Waals surface area contributed by atoms with Gasteiger partial charge in [-0.1, -0.05) is 0 Å². The number of pyridine rings is 1. The van der Waals surface area contributed by atoms with Gasteiger partial charge in [-0.15, -0.1) is 0 Å². The molecule has 14 heavy (non-hydrogen) atoms. The number of hydrogen-bond donors (Lipinski definition) is 4.